The van der Waals surface area contributed by atoms with E-state index in [-0.39, 0.29) is 0 Å². The Bertz CT molecular complexity index is 443. The minimum Gasteiger partial charge on any atom is -0.379 e. The molecule has 1 aromatic carbocycles. The Morgan fingerprint density at radius 2 is 1.92 bits per heavy atom. The molecule has 0 saturated carbocycles. The summed E-state index contributed by atoms with van der Waals surface area (Å²) in [7, 11) is 0. The van der Waals surface area contributed by atoms with Gasteiger partial charge in [-0.05, 0) is 12.1 Å². The third kappa shape index (κ3) is 0.886. The highest BCUT2D eigenvalue weighted by atomic mass is 14.9. The highest BCUT2D eigenvalue weighted by molar-refractivity contribution is 5.81. The maximum absolute atomic E-state index is 3.37. The van der Waals surface area contributed by atoms with E-state index in [2.05, 4.69) is 40.6 Å². The van der Waals surface area contributed by atoms with Crippen molar-refractivity contribution in [1.82, 2.24) is 4.98 Å². The molecule has 0 amide bonds. The number of fused-ring (bicyclic) bond motifs is 3. The van der Waals surface area contributed by atoms with E-state index < -0.39 is 0 Å². The van der Waals surface area contributed by atoms with E-state index in [4.69, 9.17) is 0 Å². The van der Waals surface area contributed by atoms with Crippen molar-refractivity contribution >= 4 is 5.69 Å². The molecule has 0 spiro atoms. The average molecular weight is 170 g/mol. The molecule has 1 aromatic heterocycles. The van der Waals surface area contributed by atoms with Gasteiger partial charge in [-0.1, -0.05) is 18.2 Å². The summed E-state index contributed by atoms with van der Waals surface area (Å²) in [4.78, 5) is 3.24. The molecule has 2 nitrogen and oxygen atoms in total. The molecule has 0 unspecified atom stereocenters. The van der Waals surface area contributed by atoms with Crippen molar-refractivity contribution in [2.24, 2.45) is 0 Å². The molecule has 3 rings (SSSR count). The van der Waals surface area contributed by atoms with E-state index in [1.165, 1.54) is 22.5 Å². The first-order valence-corrected chi connectivity index (χ1v) is 4.45. The average Bonchev–Trinajstić information content (AvgIpc) is 2.65. The van der Waals surface area contributed by atoms with Crippen molar-refractivity contribution < 1.29 is 0 Å². The number of aromatic amines is 1. The SMILES string of the molecule is c1ccc2c(c1)NCc1[nH]ccc1-2. The van der Waals surface area contributed by atoms with Crippen LogP contribution >= 0.6 is 0 Å². The van der Waals surface area contributed by atoms with E-state index in [1.807, 2.05) is 6.20 Å². The predicted molar refractivity (Wildman–Crippen MR) is 53.6 cm³/mol. The summed E-state index contributed by atoms with van der Waals surface area (Å²) in [5.74, 6) is 0. The number of hydrogen-bond acceptors (Lipinski definition) is 1. The number of nitrogens with one attached hydrogen (secondary N) is 2. The Morgan fingerprint density at radius 3 is 2.92 bits per heavy atom. The van der Waals surface area contributed by atoms with Crippen LogP contribution in [0.25, 0.3) is 11.1 Å². The topological polar surface area (TPSA) is 27.8 Å². The van der Waals surface area contributed by atoms with Crippen LogP contribution in [0, 0.1) is 0 Å². The van der Waals surface area contributed by atoms with Crippen molar-refractivity contribution in [3.8, 4) is 11.1 Å². The van der Waals surface area contributed by atoms with E-state index >= 15 is 0 Å². The molecule has 2 aromatic rings. The van der Waals surface area contributed by atoms with Gasteiger partial charge in [0.25, 0.3) is 0 Å². The number of rotatable bonds is 0. The van der Waals surface area contributed by atoms with Crippen LogP contribution in [-0.4, -0.2) is 4.98 Å². The zero-order valence-electron chi connectivity index (χ0n) is 7.17. The van der Waals surface area contributed by atoms with Crippen LogP contribution in [-0.2, 0) is 6.54 Å². The van der Waals surface area contributed by atoms with Crippen LogP contribution in [0.5, 0.6) is 0 Å². The van der Waals surface area contributed by atoms with Gasteiger partial charge >= 0.3 is 0 Å². The number of H-pyrrole nitrogens is 1. The summed E-state index contributed by atoms with van der Waals surface area (Å²) in [6.07, 6.45) is 1.99. The largest absolute Gasteiger partial charge is 0.379 e. The molecule has 1 aliphatic heterocycles. The van der Waals surface area contributed by atoms with E-state index in [9.17, 15) is 0 Å². The van der Waals surface area contributed by atoms with Gasteiger partial charge in [0.05, 0.1) is 6.54 Å². The molecule has 2 N–H and O–H groups in total. The summed E-state index contributed by atoms with van der Waals surface area (Å²) in [6.45, 7) is 0.902. The highest BCUT2D eigenvalue weighted by Crippen LogP contribution is 2.34. The van der Waals surface area contributed by atoms with Gasteiger partial charge in [0.1, 0.15) is 0 Å². The van der Waals surface area contributed by atoms with E-state index in [0.29, 0.717) is 0 Å². The molecular formula is C11H10N2. The smallest absolute Gasteiger partial charge is 0.0557 e. The molecule has 0 bridgehead atoms. The Hall–Kier alpha value is -1.70. The van der Waals surface area contributed by atoms with Gasteiger partial charge in [-0.2, -0.15) is 0 Å². The number of aromatic nitrogens is 1. The molecule has 0 fully saturated rings. The standard InChI is InChI=1S/C11H10N2/c1-2-4-10-8(3-1)9-5-6-12-11(9)7-13-10/h1-6,12-13H,7H2. The first-order valence-electron chi connectivity index (χ1n) is 4.45. The lowest BCUT2D eigenvalue weighted by Crippen LogP contribution is -2.07. The van der Waals surface area contributed by atoms with Crippen molar-refractivity contribution in [2.45, 2.75) is 6.54 Å². The molecular weight excluding hydrogens is 160 g/mol. The van der Waals surface area contributed by atoms with Gasteiger partial charge in [-0.25, -0.2) is 0 Å². The minimum atomic E-state index is 0.902. The third-order valence-corrected chi connectivity index (χ3v) is 2.51. The molecule has 0 atom stereocenters. The summed E-state index contributed by atoms with van der Waals surface area (Å²) in [5, 5.41) is 3.37. The second kappa shape index (κ2) is 2.39. The number of para-hydroxylation sites is 1. The second-order valence-corrected chi connectivity index (χ2v) is 3.27. The van der Waals surface area contributed by atoms with Crippen LogP contribution < -0.4 is 5.32 Å². The molecule has 64 valence electrons. The molecule has 2 heterocycles. The Labute approximate surface area is 76.6 Å². The van der Waals surface area contributed by atoms with E-state index in [1.54, 1.807) is 0 Å². The van der Waals surface area contributed by atoms with Crippen LogP contribution in [0.3, 0.4) is 0 Å². The zero-order valence-corrected chi connectivity index (χ0v) is 7.17. The Balaban J connectivity index is 2.30. The quantitative estimate of drug-likeness (QED) is 0.625. The van der Waals surface area contributed by atoms with Crippen molar-refractivity contribution in [3.63, 3.8) is 0 Å². The van der Waals surface area contributed by atoms with Crippen LogP contribution in [0.2, 0.25) is 0 Å². The van der Waals surface area contributed by atoms with Crippen LogP contribution in [0.1, 0.15) is 5.69 Å². The van der Waals surface area contributed by atoms with Crippen molar-refractivity contribution in [3.05, 3.63) is 42.2 Å². The minimum absolute atomic E-state index is 0.902. The van der Waals surface area contributed by atoms with Gasteiger partial charge in [0, 0.05) is 28.7 Å². The van der Waals surface area contributed by atoms with Gasteiger partial charge in [-0.15, -0.1) is 0 Å². The fourth-order valence-corrected chi connectivity index (χ4v) is 1.86. The molecule has 0 saturated heterocycles. The zero-order chi connectivity index (χ0) is 8.67. The second-order valence-electron chi connectivity index (χ2n) is 3.27. The van der Waals surface area contributed by atoms with Gasteiger partial charge < -0.3 is 10.3 Å². The Kier molecular flexibility index (Phi) is 1.25. The number of benzene rings is 1. The lowest BCUT2D eigenvalue weighted by Gasteiger charge is -2.17. The van der Waals surface area contributed by atoms with E-state index in [0.717, 1.165) is 6.54 Å². The predicted octanol–water partition coefficient (Wildman–Crippen LogP) is 2.61. The number of anilines is 1. The maximum Gasteiger partial charge on any atom is 0.0557 e. The van der Waals surface area contributed by atoms with Crippen molar-refractivity contribution in [1.29, 1.82) is 0 Å². The highest BCUT2D eigenvalue weighted by Gasteiger charge is 2.14. The first kappa shape index (κ1) is 6.78. The summed E-state index contributed by atoms with van der Waals surface area (Å²) < 4.78 is 0. The molecule has 0 aliphatic carbocycles. The summed E-state index contributed by atoms with van der Waals surface area (Å²) >= 11 is 0. The summed E-state index contributed by atoms with van der Waals surface area (Å²) in [5.41, 5.74) is 5.13. The lowest BCUT2D eigenvalue weighted by atomic mass is 10.0. The monoisotopic (exact) mass is 170 g/mol. The first-order chi connectivity index (χ1) is 6.45. The van der Waals surface area contributed by atoms with Crippen LogP contribution in [0.4, 0.5) is 5.69 Å². The van der Waals surface area contributed by atoms with Gasteiger partial charge in [0.2, 0.25) is 0 Å². The molecule has 1 aliphatic rings. The maximum atomic E-state index is 3.37. The molecule has 2 heteroatoms. The fourth-order valence-electron chi connectivity index (χ4n) is 1.86. The molecule has 0 radical (unpaired) electrons. The fraction of sp³-hybridized carbons (Fsp3) is 0.0909. The lowest BCUT2D eigenvalue weighted by molar-refractivity contribution is 1.06. The van der Waals surface area contributed by atoms with Gasteiger partial charge in [-0.3, -0.25) is 0 Å². The number of hydrogen-bond donors (Lipinski definition) is 2. The Morgan fingerprint density at radius 1 is 1.00 bits per heavy atom. The van der Waals surface area contributed by atoms with Crippen molar-refractivity contribution in [2.75, 3.05) is 5.32 Å². The summed E-state index contributed by atoms with van der Waals surface area (Å²) in [6, 6.07) is 10.5. The molecule has 13 heavy (non-hydrogen) atoms. The third-order valence-electron chi connectivity index (χ3n) is 2.51. The normalized spacial score (nSPS) is 12.9. The van der Waals surface area contributed by atoms with Gasteiger partial charge in [0.15, 0.2) is 0 Å². The van der Waals surface area contributed by atoms with Crippen LogP contribution in [0.15, 0.2) is 36.5 Å².